The number of rotatable bonds is 3. The number of benzene rings is 1. The lowest BCUT2D eigenvalue weighted by atomic mass is 10.0. The van der Waals surface area contributed by atoms with E-state index in [2.05, 4.69) is 15.9 Å². The quantitative estimate of drug-likeness (QED) is 0.729. The molecule has 0 amide bonds. The second kappa shape index (κ2) is 7.03. The van der Waals surface area contributed by atoms with E-state index in [9.17, 15) is 4.79 Å². The number of carbonyl (C=O) groups is 1. The largest absolute Gasteiger partial charge is 0.313 e. The lowest BCUT2D eigenvalue weighted by molar-refractivity contribution is 0.0969. The van der Waals surface area contributed by atoms with Gasteiger partial charge in [-0.05, 0) is 37.8 Å². The molecule has 0 radical (unpaired) electrons. The summed E-state index contributed by atoms with van der Waals surface area (Å²) in [6.07, 6.45) is 4.42. The van der Waals surface area contributed by atoms with E-state index in [0.717, 1.165) is 23.7 Å². The van der Waals surface area contributed by atoms with E-state index in [1.807, 2.05) is 28.8 Å². The third kappa shape index (κ3) is 3.55. The van der Waals surface area contributed by atoms with E-state index in [4.69, 9.17) is 5.41 Å². The normalized spacial score (nSPS) is 13.4. The molecule has 0 spiro atoms. The van der Waals surface area contributed by atoms with Crippen LogP contribution in [0.1, 0.15) is 33.8 Å². The minimum Gasteiger partial charge on any atom is -0.313 e. The Kier molecular flexibility index (Phi) is 5.57. The first-order chi connectivity index (χ1) is 9.65. The summed E-state index contributed by atoms with van der Waals surface area (Å²) in [4.78, 5) is 14.2. The molecular formula is C15H16Br2N2OS. The molecule has 0 saturated heterocycles. The lowest BCUT2D eigenvalue weighted by Gasteiger charge is -2.14. The number of carbonyl (C=O) groups excluding carboxylic acids is 1. The van der Waals surface area contributed by atoms with Crippen LogP contribution in [0.5, 0.6) is 0 Å². The Hall–Kier alpha value is -0.720. The summed E-state index contributed by atoms with van der Waals surface area (Å²) in [5, 5.41) is 8.08. The van der Waals surface area contributed by atoms with Crippen LogP contribution in [0, 0.1) is 5.41 Å². The maximum atomic E-state index is 12.4. The SMILES string of the molecule is Br.N=c1sc2c(n1CC(=O)c1cccc(Br)c1)CCCC2. The third-order valence-electron chi connectivity index (χ3n) is 3.63. The minimum atomic E-state index is 0. The molecule has 0 fully saturated rings. The van der Waals surface area contributed by atoms with Crippen molar-refractivity contribution in [2.45, 2.75) is 32.2 Å². The van der Waals surface area contributed by atoms with E-state index in [0.29, 0.717) is 10.4 Å². The number of fused-ring (bicyclic) bond motifs is 1. The molecule has 1 heterocycles. The number of hydrogen-bond donors (Lipinski definition) is 1. The number of thiazole rings is 1. The van der Waals surface area contributed by atoms with Crippen molar-refractivity contribution in [1.29, 1.82) is 5.41 Å². The maximum Gasteiger partial charge on any atom is 0.182 e. The van der Waals surface area contributed by atoms with Crippen LogP contribution in [0.25, 0.3) is 0 Å². The summed E-state index contributed by atoms with van der Waals surface area (Å²) in [6, 6.07) is 7.44. The monoisotopic (exact) mass is 430 g/mol. The average molecular weight is 432 g/mol. The van der Waals surface area contributed by atoms with Gasteiger partial charge >= 0.3 is 0 Å². The van der Waals surface area contributed by atoms with E-state index >= 15 is 0 Å². The van der Waals surface area contributed by atoms with E-state index < -0.39 is 0 Å². The molecule has 0 bridgehead atoms. The van der Waals surface area contributed by atoms with Gasteiger partial charge in [-0.15, -0.1) is 28.3 Å². The van der Waals surface area contributed by atoms with Gasteiger partial charge in [-0.25, -0.2) is 0 Å². The van der Waals surface area contributed by atoms with Crippen molar-refractivity contribution in [3.05, 3.63) is 49.7 Å². The van der Waals surface area contributed by atoms with E-state index in [1.54, 1.807) is 0 Å². The van der Waals surface area contributed by atoms with Crippen LogP contribution in [0.2, 0.25) is 0 Å². The van der Waals surface area contributed by atoms with Gasteiger partial charge < -0.3 is 4.57 Å². The number of Topliss-reactive ketones (excluding diaryl/α,β-unsaturated/α-hetero) is 1. The topological polar surface area (TPSA) is 45.9 Å². The van der Waals surface area contributed by atoms with Crippen molar-refractivity contribution in [3.8, 4) is 0 Å². The first-order valence-electron chi connectivity index (χ1n) is 6.70. The standard InChI is InChI=1S/C15H15BrN2OS.BrH/c16-11-5-3-4-10(8-11)13(19)9-18-12-6-1-2-7-14(12)20-15(18)17;/h3-5,8,17H,1-2,6-7,9H2;1H. The molecule has 2 aromatic rings. The van der Waals surface area contributed by atoms with Crippen molar-refractivity contribution in [1.82, 2.24) is 4.57 Å². The fourth-order valence-corrected chi connectivity index (χ4v) is 4.11. The number of halogens is 2. The van der Waals surface area contributed by atoms with Crippen LogP contribution in [0.3, 0.4) is 0 Å². The highest BCUT2D eigenvalue weighted by Crippen LogP contribution is 2.23. The minimum absolute atomic E-state index is 0. The number of nitrogens with zero attached hydrogens (tertiary/aromatic N) is 1. The van der Waals surface area contributed by atoms with Gasteiger partial charge in [-0.1, -0.05) is 28.1 Å². The van der Waals surface area contributed by atoms with Crippen LogP contribution in [0.15, 0.2) is 28.7 Å². The maximum absolute atomic E-state index is 12.4. The molecule has 1 aromatic heterocycles. The molecule has 1 aromatic carbocycles. The fraction of sp³-hybridized carbons (Fsp3) is 0.333. The van der Waals surface area contributed by atoms with E-state index in [-0.39, 0.29) is 29.3 Å². The zero-order chi connectivity index (χ0) is 14.1. The number of ketones is 1. The molecule has 1 aliphatic rings. The van der Waals surface area contributed by atoms with Crippen LogP contribution < -0.4 is 4.80 Å². The highest BCUT2D eigenvalue weighted by atomic mass is 79.9. The summed E-state index contributed by atoms with van der Waals surface area (Å²) in [7, 11) is 0. The molecule has 0 saturated carbocycles. The van der Waals surface area contributed by atoms with Gasteiger partial charge in [0.2, 0.25) is 0 Å². The molecule has 1 aliphatic carbocycles. The van der Waals surface area contributed by atoms with Crippen LogP contribution in [0.4, 0.5) is 0 Å². The summed E-state index contributed by atoms with van der Waals surface area (Å²) in [6.45, 7) is 0.279. The Morgan fingerprint density at radius 3 is 2.86 bits per heavy atom. The van der Waals surface area contributed by atoms with Gasteiger partial charge in [0.15, 0.2) is 10.6 Å². The van der Waals surface area contributed by atoms with Crippen LogP contribution >= 0.6 is 44.2 Å². The Morgan fingerprint density at radius 1 is 1.33 bits per heavy atom. The molecule has 3 nitrogen and oxygen atoms in total. The zero-order valence-electron chi connectivity index (χ0n) is 11.4. The number of nitrogens with one attached hydrogen (secondary N) is 1. The van der Waals surface area contributed by atoms with E-state index in [1.165, 1.54) is 28.3 Å². The van der Waals surface area contributed by atoms with Gasteiger partial charge in [0.25, 0.3) is 0 Å². The predicted molar refractivity (Wildman–Crippen MR) is 93.6 cm³/mol. The van der Waals surface area contributed by atoms with Gasteiger partial charge in [0.1, 0.15) is 0 Å². The second-order valence-electron chi connectivity index (χ2n) is 5.00. The smallest absolute Gasteiger partial charge is 0.182 e. The molecule has 0 atom stereocenters. The molecule has 21 heavy (non-hydrogen) atoms. The Morgan fingerprint density at radius 2 is 2.10 bits per heavy atom. The van der Waals surface area contributed by atoms with Gasteiger partial charge in [-0.2, -0.15) is 0 Å². The summed E-state index contributed by atoms with van der Waals surface area (Å²) in [5.74, 6) is 0.0657. The zero-order valence-corrected chi connectivity index (χ0v) is 15.5. The fourth-order valence-electron chi connectivity index (χ4n) is 2.62. The van der Waals surface area contributed by atoms with Crippen LogP contribution in [-0.2, 0) is 19.4 Å². The van der Waals surface area contributed by atoms with Gasteiger partial charge in [0, 0.05) is 20.6 Å². The van der Waals surface area contributed by atoms with Crippen molar-refractivity contribution in [2.75, 3.05) is 0 Å². The molecule has 0 aliphatic heterocycles. The van der Waals surface area contributed by atoms with Crippen molar-refractivity contribution < 1.29 is 4.79 Å². The Labute approximate surface area is 146 Å². The summed E-state index contributed by atoms with van der Waals surface area (Å²) >= 11 is 4.91. The second-order valence-corrected chi connectivity index (χ2v) is 7.00. The number of aryl methyl sites for hydroxylation is 1. The highest BCUT2D eigenvalue weighted by Gasteiger charge is 2.18. The van der Waals surface area contributed by atoms with Crippen molar-refractivity contribution in [2.24, 2.45) is 0 Å². The first-order valence-corrected chi connectivity index (χ1v) is 8.31. The summed E-state index contributed by atoms with van der Waals surface area (Å²) < 4.78 is 2.80. The van der Waals surface area contributed by atoms with Crippen LogP contribution in [-0.4, -0.2) is 10.4 Å². The lowest BCUT2D eigenvalue weighted by Crippen LogP contribution is -2.22. The molecule has 112 valence electrons. The Bertz CT molecular complexity index is 721. The van der Waals surface area contributed by atoms with Crippen molar-refractivity contribution in [3.63, 3.8) is 0 Å². The predicted octanol–water partition coefficient (Wildman–Crippen LogP) is 4.13. The summed E-state index contributed by atoms with van der Waals surface area (Å²) in [5.41, 5.74) is 1.90. The molecule has 1 N–H and O–H groups in total. The number of hydrogen-bond acceptors (Lipinski definition) is 3. The average Bonchev–Trinajstić information content (AvgIpc) is 2.75. The van der Waals surface area contributed by atoms with Gasteiger partial charge in [0.05, 0.1) is 6.54 Å². The molecule has 6 heteroatoms. The highest BCUT2D eigenvalue weighted by molar-refractivity contribution is 9.10. The van der Waals surface area contributed by atoms with Crippen molar-refractivity contribution >= 4 is 50.0 Å². The number of aromatic nitrogens is 1. The third-order valence-corrected chi connectivity index (χ3v) is 5.22. The van der Waals surface area contributed by atoms with Gasteiger partial charge in [-0.3, -0.25) is 10.2 Å². The first kappa shape index (κ1) is 16.6. The Balaban J connectivity index is 0.00000161. The molecular weight excluding hydrogens is 416 g/mol. The molecule has 0 unspecified atom stereocenters. The molecule has 3 rings (SSSR count).